The van der Waals surface area contributed by atoms with Crippen molar-refractivity contribution in [2.45, 2.75) is 10.8 Å². The molecule has 1 amide bonds. The average Bonchev–Trinajstić information content (AvgIpc) is 2.80. The molecule has 3 aromatic carbocycles. The zero-order valence-electron chi connectivity index (χ0n) is 16.9. The number of hydrogen-bond acceptors (Lipinski definition) is 6. The van der Waals surface area contributed by atoms with Gasteiger partial charge in [-0.3, -0.25) is 14.7 Å². The number of rotatable bonds is 8. The molecule has 0 saturated carbocycles. The fourth-order valence-electron chi connectivity index (χ4n) is 3.15. The van der Waals surface area contributed by atoms with Gasteiger partial charge in [0.25, 0.3) is 15.9 Å². The van der Waals surface area contributed by atoms with Crippen LogP contribution in [0.15, 0.2) is 77.7 Å². The molecule has 0 aromatic heterocycles. The first-order valence-electron chi connectivity index (χ1n) is 9.23. The molecule has 9 heteroatoms. The fourth-order valence-corrected chi connectivity index (χ4v) is 4.22. The molecule has 0 fully saturated rings. The van der Waals surface area contributed by atoms with Crippen LogP contribution in [0.4, 0.5) is 5.69 Å². The van der Waals surface area contributed by atoms with E-state index in [-0.39, 0.29) is 4.90 Å². The van der Waals surface area contributed by atoms with Gasteiger partial charge in [0, 0.05) is 11.8 Å². The number of carbonyl (C=O) groups is 1. The third-order valence-electron chi connectivity index (χ3n) is 4.67. The first-order chi connectivity index (χ1) is 14.9. The second-order valence-corrected chi connectivity index (χ2v) is 8.25. The van der Waals surface area contributed by atoms with E-state index >= 15 is 0 Å². The number of methoxy groups -OCH3 is 2. The van der Waals surface area contributed by atoms with Gasteiger partial charge in [0.15, 0.2) is 11.5 Å². The lowest BCUT2D eigenvalue weighted by Crippen LogP contribution is -2.27. The van der Waals surface area contributed by atoms with Crippen molar-refractivity contribution < 1.29 is 27.9 Å². The maximum atomic E-state index is 12.8. The van der Waals surface area contributed by atoms with E-state index < -0.39 is 21.8 Å². The molecule has 0 spiro atoms. The summed E-state index contributed by atoms with van der Waals surface area (Å²) in [6.07, 6.45) is 0. The van der Waals surface area contributed by atoms with Gasteiger partial charge in [-0.2, -0.15) is 0 Å². The van der Waals surface area contributed by atoms with E-state index in [4.69, 9.17) is 14.7 Å². The molecule has 0 aliphatic heterocycles. The Bertz CT molecular complexity index is 1150. The van der Waals surface area contributed by atoms with Gasteiger partial charge in [0.2, 0.25) is 0 Å². The van der Waals surface area contributed by atoms with Gasteiger partial charge in [-0.25, -0.2) is 13.9 Å². The van der Waals surface area contributed by atoms with Crippen molar-refractivity contribution >= 4 is 21.6 Å². The van der Waals surface area contributed by atoms with E-state index in [1.807, 2.05) is 6.07 Å². The molecule has 0 aliphatic carbocycles. The van der Waals surface area contributed by atoms with E-state index in [1.54, 1.807) is 54.0 Å². The lowest BCUT2D eigenvalue weighted by molar-refractivity contribution is -0.129. The van der Waals surface area contributed by atoms with Crippen molar-refractivity contribution in [3.63, 3.8) is 0 Å². The molecule has 0 aliphatic rings. The van der Waals surface area contributed by atoms with Crippen LogP contribution in [0.1, 0.15) is 17.0 Å². The number of amides is 1. The lowest BCUT2D eigenvalue weighted by Gasteiger charge is -2.17. The minimum Gasteiger partial charge on any atom is -0.493 e. The van der Waals surface area contributed by atoms with Crippen molar-refractivity contribution in [3.8, 4) is 11.5 Å². The molecule has 3 rings (SSSR count). The Balaban J connectivity index is 1.86. The van der Waals surface area contributed by atoms with Crippen LogP contribution in [-0.4, -0.2) is 33.8 Å². The summed E-state index contributed by atoms with van der Waals surface area (Å²) in [4.78, 5) is 12.2. The maximum Gasteiger partial charge on any atom is 0.262 e. The molecule has 0 saturated heterocycles. The topological polar surface area (TPSA) is 114 Å². The van der Waals surface area contributed by atoms with E-state index in [1.165, 1.54) is 32.4 Å². The predicted molar refractivity (Wildman–Crippen MR) is 115 cm³/mol. The van der Waals surface area contributed by atoms with Crippen LogP contribution < -0.4 is 19.7 Å². The largest absolute Gasteiger partial charge is 0.493 e. The maximum absolute atomic E-state index is 12.8. The average molecular weight is 442 g/mol. The highest BCUT2D eigenvalue weighted by molar-refractivity contribution is 7.92. The minimum atomic E-state index is -3.88. The molecule has 1 atom stereocenters. The SMILES string of the molecule is COc1ccc(S(=O)(=O)Nc2ccc(C(C(=O)NO)c3ccccc3)cc2)cc1OC. The quantitative estimate of drug-likeness (QED) is 0.365. The van der Waals surface area contributed by atoms with Crippen LogP contribution in [0.3, 0.4) is 0 Å². The number of ether oxygens (including phenoxy) is 2. The number of hydrogen-bond donors (Lipinski definition) is 3. The van der Waals surface area contributed by atoms with Crippen molar-refractivity contribution in [2.24, 2.45) is 0 Å². The summed E-state index contributed by atoms with van der Waals surface area (Å²) in [5.74, 6) is -0.631. The minimum absolute atomic E-state index is 0.0102. The van der Waals surface area contributed by atoms with Gasteiger partial charge in [-0.15, -0.1) is 0 Å². The number of sulfonamides is 1. The monoisotopic (exact) mass is 442 g/mol. The Morgan fingerprint density at radius 1 is 0.871 bits per heavy atom. The number of carbonyl (C=O) groups excluding carboxylic acids is 1. The second-order valence-electron chi connectivity index (χ2n) is 6.56. The number of hydroxylamine groups is 1. The third-order valence-corrected chi connectivity index (χ3v) is 6.05. The summed E-state index contributed by atoms with van der Waals surface area (Å²) in [5, 5.41) is 9.13. The van der Waals surface area contributed by atoms with Gasteiger partial charge in [0.1, 0.15) is 0 Å². The van der Waals surface area contributed by atoms with E-state index in [0.29, 0.717) is 28.3 Å². The number of nitrogens with one attached hydrogen (secondary N) is 2. The molecule has 8 nitrogen and oxygen atoms in total. The first kappa shape index (κ1) is 22.1. The van der Waals surface area contributed by atoms with Crippen LogP contribution >= 0.6 is 0 Å². The van der Waals surface area contributed by atoms with Crippen LogP contribution in [0.2, 0.25) is 0 Å². The number of benzene rings is 3. The number of anilines is 1. The molecule has 31 heavy (non-hydrogen) atoms. The standard InChI is InChI=1S/C22H22N2O6S/c1-29-19-13-12-18(14-20(19)30-2)31(27,28)24-17-10-8-16(9-11-17)21(22(25)23-26)15-6-4-3-5-7-15/h3-14,21,24,26H,1-2H3,(H,23,25). The molecule has 3 N–H and O–H groups in total. The van der Waals surface area contributed by atoms with Crippen molar-refractivity contribution in [1.82, 2.24) is 5.48 Å². The molecule has 3 aromatic rings. The predicted octanol–water partition coefficient (Wildman–Crippen LogP) is 3.14. The highest BCUT2D eigenvalue weighted by Gasteiger charge is 2.23. The van der Waals surface area contributed by atoms with Crippen LogP contribution in [-0.2, 0) is 14.8 Å². The zero-order chi connectivity index (χ0) is 22.4. The smallest absolute Gasteiger partial charge is 0.262 e. The molecule has 0 bridgehead atoms. The Hall–Kier alpha value is -3.56. The summed E-state index contributed by atoms with van der Waals surface area (Å²) in [6.45, 7) is 0. The normalized spacial score (nSPS) is 12.0. The lowest BCUT2D eigenvalue weighted by atomic mass is 9.90. The fraction of sp³-hybridized carbons (Fsp3) is 0.136. The van der Waals surface area contributed by atoms with Crippen LogP contribution in [0.25, 0.3) is 0 Å². The summed E-state index contributed by atoms with van der Waals surface area (Å²) >= 11 is 0. The Morgan fingerprint density at radius 3 is 2.06 bits per heavy atom. The molecular weight excluding hydrogens is 420 g/mol. The molecule has 0 heterocycles. The molecular formula is C22H22N2O6S. The van der Waals surface area contributed by atoms with Gasteiger partial charge in [-0.1, -0.05) is 42.5 Å². The highest BCUT2D eigenvalue weighted by Crippen LogP contribution is 2.31. The highest BCUT2D eigenvalue weighted by atomic mass is 32.2. The molecule has 162 valence electrons. The van der Waals surface area contributed by atoms with Crippen molar-refractivity contribution in [2.75, 3.05) is 18.9 Å². The Morgan fingerprint density at radius 2 is 1.48 bits per heavy atom. The summed E-state index contributed by atoms with van der Waals surface area (Å²) in [6, 6.07) is 19.6. The van der Waals surface area contributed by atoms with E-state index in [2.05, 4.69) is 4.72 Å². The molecule has 0 radical (unpaired) electrons. The summed E-state index contributed by atoms with van der Waals surface area (Å²) in [5.41, 5.74) is 3.28. The summed E-state index contributed by atoms with van der Waals surface area (Å²) < 4.78 is 38.3. The Kier molecular flexibility index (Phi) is 6.78. The van der Waals surface area contributed by atoms with Gasteiger partial charge < -0.3 is 9.47 Å². The summed E-state index contributed by atoms with van der Waals surface area (Å²) in [7, 11) is -0.995. The van der Waals surface area contributed by atoms with Crippen LogP contribution in [0, 0.1) is 0 Å². The van der Waals surface area contributed by atoms with Crippen molar-refractivity contribution in [1.29, 1.82) is 0 Å². The second kappa shape index (κ2) is 9.50. The molecule has 1 unspecified atom stereocenters. The van der Waals surface area contributed by atoms with E-state index in [0.717, 1.165) is 0 Å². The van der Waals surface area contributed by atoms with Crippen molar-refractivity contribution in [3.05, 3.63) is 83.9 Å². The third kappa shape index (κ3) is 4.96. The van der Waals surface area contributed by atoms with Gasteiger partial charge in [-0.05, 0) is 35.4 Å². The van der Waals surface area contributed by atoms with E-state index in [9.17, 15) is 13.2 Å². The first-order valence-corrected chi connectivity index (χ1v) is 10.7. The zero-order valence-corrected chi connectivity index (χ0v) is 17.7. The van der Waals surface area contributed by atoms with Crippen LogP contribution in [0.5, 0.6) is 11.5 Å². The Labute approximate surface area is 180 Å². The van der Waals surface area contributed by atoms with Gasteiger partial charge >= 0.3 is 0 Å². The van der Waals surface area contributed by atoms with Gasteiger partial charge in [0.05, 0.1) is 25.0 Å².